The first kappa shape index (κ1) is 23.8. The molecular weight excluding hydrogens is 486 g/mol. The van der Waals surface area contributed by atoms with E-state index in [1.54, 1.807) is 22.1 Å². The van der Waals surface area contributed by atoms with Gasteiger partial charge in [0.15, 0.2) is 11.6 Å². The zero-order chi connectivity index (χ0) is 26.1. The van der Waals surface area contributed by atoms with Crippen LogP contribution in [0.25, 0.3) is 5.82 Å². The maximum absolute atomic E-state index is 14.4. The first-order valence-corrected chi connectivity index (χ1v) is 11.3. The van der Waals surface area contributed by atoms with Crippen LogP contribution in [0.5, 0.6) is 0 Å². The summed E-state index contributed by atoms with van der Waals surface area (Å²) in [6.45, 7) is 1.36. The molecule has 0 radical (unpaired) electrons. The first-order valence-electron chi connectivity index (χ1n) is 11.3. The molecule has 2 N–H and O–H groups in total. The van der Waals surface area contributed by atoms with Crippen molar-refractivity contribution in [2.75, 3.05) is 31.1 Å². The summed E-state index contributed by atoms with van der Waals surface area (Å²) in [6.07, 6.45) is 5.49. The van der Waals surface area contributed by atoms with E-state index in [0.29, 0.717) is 38.2 Å². The van der Waals surface area contributed by atoms with Crippen molar-refractivity contribution in [3.05, 3.63) is 65.1 Å². The Bertz CT molecular complexity index is 1440. The summed E-state index contributed by atoms with van der Waals surface area (Å²) in [7, 11) is 0. The number of primary amides is 1. The highest BCUT2D eigenvalue weighted by atomic mass is 19.1. The van der Waals surface area contributed by atoms with Gasteiger partial charge in [-0.25, -0.2) is 28.3 Å². The second-order valence-corrected chi connectivity index (χ2v) is 8.42. The number of nitrogens with two attached hydrogens (primary N) is 1. The summed E-state index contributed by atoms with van der Waals surface area (Å²) >= 11 is 0. The number of aromatic nitrogens is 4. The molecule has 0 spiro atoms. The Hall–Kier alpha value is -4.93. The number of halogens is 2. The number of piperazine rings is 1. The maximum Gasteiger partial charge on any atom is 0.341 e. The monoisotopic (exact) mass is 506 g/mol. The van der Waals surface area contributed by atoms with E-state index in [1.165, 1.54) is 23.5 Å². The summed E-state index contributed by atoms with van der Waals surface area (Å²) in [5.41, 5.74) is 6.00. The van der Waals surface area contributed by atoms with Crippen molar-refractivity contribution in [2.45, 2.75) is 12.5 Å². The Morgan fingerprint density at radius 3 is 2.59 bits per heavy atom. The quantitative estimate of drug-likeness (QED) is 0.565. The Kier molecular flexibility index (Phi) is 6.18. The fourth-order valence-corrected chi connectivity index (χ4v) is 4.22. The highest BCUT2D eigenvalue weighted by molar-refractivity contribution is 5.92. The molecule has 0 bridgehead atoms. The predicted octanol–water partition coefficient (Wildman–Crippen LogP) is 1.59. The molecular formula is C23H20F2N10O2. The van der Waals surface area contributed by atoms with Crippen LogP contribution >= 0.6 is 0 Å². The van der Waals surface area contributed by atoms with E-state index in [-0.39, 0.29) is 28.9 Å². The standard InChI is InChI=1S/C23H20F2N10O2/c24-17-8-14(10-26)7-15(9-17)19-1-2-29-35(19)23(37)33-5-3-32(4-6-33)22-28-12-18(25)21(31-22)34-13-16(11-30-34)20(27)36/h2,7-9,11-13,19H,1,3-6H2,(H2,27,36). The SMILES string of the molecule is N#Cc1cc(F)cc(C2CC=NN2C(=O)N2CCN(c3ncc(F)c(-n4cc(C(N)=O)cn4)n3)CC2)c1. The maximum atomic E-state index is 14.4. The number of carbonyl (C=O) groups excluding carboxylic acids is 2. The van der Waals surface area contributed by atoms with Gasteiger partial charge in [-0.1, -0.05) is 0 Å². The number of rotatable bonds is 4. The molecule has 14 heteroatoms. The molecule has 2 aliphatic heterocycles. The zero-order valence-corrected chi connectivity index (χ0v) is 19.3. The highest BCUT2D eigenvalue weighted by Crippen LogP contribution is 2.30. The van der Waals surface area contributed by atoms with Gasteiger partial charge in [-0.15, -0.1) is 0 Å². The van der Waals surface area contributed by atoms with E-state index >= 15 is 0 Å². The smallest absolute Gasteiger partial charge is 0.341 e. The van der Waals surface area contributed by atoms with Gasteiger partial charge in [0.05, 0.1) is 35.6 Å². The molecule has 2 aromatic heterocycles. The zero-order valence-electron chi connectivity index (χ0n) is 19.3. The fourth-order valence-electron chi connectivity index (χ4n) is 4.22. The van der Waals surface area contributed by atoms with Gasteiger partial charge in [-0.3, -0.25) is 4.79 Å². The lowest BCUT2D eigenvalue weighted by Gasteiger charge is -2.37. The topological polar surface area (TPSA) is 150 Å². The Morgan fingerprint density at radius 2 is 1.89 bits per heavy atom. The number of amides is 3. The Labute approximate surface area is 209 Å². The number of carbonyl (C=O) groups is 2. The lowest BCUT2D eigenvalue weighted by atomic mass is 10.0. The van der Waals surface area contributed by atoms with E-state index in [2.05, 4.69) is 20.2 Å². The first-order chi connectivity index (χ1) is 17.8. The normalized spacial score (nSPS) is 17.2. The van der Waals surface area contributed by atoms with Crippen molar-refractivity contribution in [2.24, 2.45) is 10.8 Å². The summed E-state index contributed by atoms with van der Waals surface area (Å²) in [4.78, 5) is 36.3. The summed E-state index contributed by atoms with van der Waals surface area (Å²) in [5, 5.41) is 18.6. The minimum absolute atomic E-state index is 0.108. The van der Waals surface area contributed by atoms with Gasteiger partial charge >= 0.3 is 6.03 Å². The lowest BCUT2D eigenvalue weighted by Crippen LogP contribution is -2.52. The molecule has 1 atom stereocenters. The third-order valence-electron chi connectivity index (χ3n) is 6.09. The van der Waals surface area contributed by atoms with Crippen LogP contribution in [0.3, 0.4) is 0 Å². The molecule has 2 aliphatic rings. The minimum Gasteiger partial charge on any atom is -0.366 e. The minimum atomic E-state index is -0.730. The van der Waals surface area contributed by atoms with Gasteiger partial charge in [0, 0.05) is 45.0 Å². The number of benzene rings is 1. The van der Waals surface area contributed by atoms with E-state index in [4.69, 9.17) is 11.0 Å². The molecule has 1 aromatic carbocycles. The van der Waals surface area contributed by atoms with Crippen LogP contribution in [0, 0.1) is 23.0 Å². The number of hydrogen-bond donors (Lipinski definition) is 1. The third kappa shape index (κ3) is 4.66. The Balaban J connectivity index is 1.27. The molecule has 5 rings (SSSR count). The second-order valence-electron chi connectivity index (χ2n) is 8.42. The van der Waals surface area contributed by atoms with E-state index < -0.39 is 23.6 Å². The number of nitrogens with zero attached hydrogens (tertiary/aromatic N) is 9. The van der Waals surface area contributed by atoms with Crippen LogP contribution < -0.4 is 10.6 Å². The van der Waals surface area contributed by atoms with Crippen molar-refractivity contribution in [3.63, 3.8) is 0 Å². The van der Waals surface area contributed by atoms with Crippen LogP contribution in [0.2, 0.25) is 0 Å². The van der Waals surface area contributed by atoms with Crippen molar-refractivity contribution in [1.82, 2.24) is 29.7 Å². The van der Waals surface area contributed by atoms with Crippen molar-refractivity contribution in [3.8, 4) is 11.9 Å². The number of nitriles is 1. The van der Waals surface area contributed by atoms with Crippen LogP contribution in [-0.2, 0) is 0 Å². The summed E-state index contributed by atoms with van der Waals surface area (Å²) < 4.78 is 29.5. The number of hydrazone groups is 1. The highest BCUT2D eigenvalue weighted by Gasteiger charge is 2.34. The lowest BCUT2D eigenvalue weighted by molar-refractivity contribution is 0.1000. The van der Waals surface area contributed by atoms with Crippen molar-refractivity contribution >= 4 is 24.1 Å². The van der Waals surface area contributed by atoms with Crippen LogP contribution in [-0.4, -0.2) is 74.0 Å². The molecule has 12 nitrogen and oxygen atoms in total. The van der Waals surface area contributed by atoms with Gasteiger partial charge in [0.1, 0.15) is 5.82 Å². The molecule has 0 aliphatic carbocycles. The molecule has 188 valence electrons. The van der Waals surface area contributed by atoms with Crippen molar-refractivity contribution < 1.29 is 18.4 Å². The molecule has 1 fully saturated rings. The van der Waals surface area contributed by atoms with Gasteiger partial charge in [-0.05, 0) is 23.8 Å². The molecule has 1 unspecified atom stereocenters. The fraction of sp³-hybridized carbons (Fsp3) is 0.261. The number of urea groups is 1. The number of hydrogen-bond acceptors (Lipinski definition) is 8. The largest absolute Gasteiger partial charge is 0.366 e. The van der Waals surface area contributed by atoms with Gasteiger partial charge in [-0.2, -0.15) is 20.4 Å². The third-order valence-corrected chi connectivity index (χ3v) is 6.09. The molecule has 37 heavy (non-hydrogen) atoms. The molecule has 0 saturated carbocycles. The van der Waals surface area contributed by atoms with Gasteiger partial charge in [0.25, 0.3) is 5.91 Å². The van der Waals surface area contributed by atoms with Crippen molar-refractivity contribution in [1.29, 1.82) is 5.26 Å². The summed E-state index contributed by atoms with van der Waals surface area (Å²) in [6, 6.07) is 5.04. The molecule has 3 amide bonds. The predicted molar refractivity (Wildman–Crippen MR) is 126 cm³/mol. The average molecular weight is 506 g/mol. The number of anilines is 1. The second kappa shape index (κ2) is 9.61. The summed E-state index contributed by atoms with van der Waals surface area (Å²) in [5.74, 6) is -1.89. The van der Waals surface area contributed by atoms with E-state index in [9.17, 15) is 18.4 Å². The molecule has 1 saturated heterocycles. The average Bonchev–Trinajstić information content (AvgIpc) is 3.59. The van der Waals surface area contributed by atoms with Crippen LogP contribution in [0.4, 0.5) is 19.5 Å². The van der Waals surface area contributed by atoms with Crippen LogP contribution in [0.15, 0.2) is 41.9 Å². The van der Waals surface area contributed by atoms with Gasteiger partial charge < -0.3 is 15.5 Å². The van der Waals surface area contributed by atoms with Gasteiger partial charge in [0.2, 0.25) is 5.95 Å². The Morgan fingerprint density at radius 1 is 1.11 bits per heavy atom. The molecule has 3 aromatic rings. The van der Waals surface area contributed by atoms with Crippen LogP contribution in [0.1, 0.15) is 33.9 Å². The van der Waals surface area contributed by atoms with E-state index in [0.717, 1.165) is 16.9 Å². The van der Waals surface area contributed by atoms with E-state index in [1.807, 2.05) is 6.07 Å². The molecule has 4 heterocycles.